The van der Waals surface area contributed by atoms with Crippen LogP contribution in [0.5, 0.6) is 0 Å². The average molecular weight is 661 g/mol. The summed E-state index contributed by atoms with van der Waals surface area (Å²) in [7, 11) is -4.74. The molecule has 0 fully saturated rings. The van der Waals surface area contributed by atoms with Gasteiger partial charge >= 0.3 is 19.8 Å². The first-order valence-electron chi connectivity index (χ1n) is 18.5. The quantitative estimate of drug-likeness (QED) is 0.0303. The van der Waals surface area contributed by atoms with Crippen molar-refractivity contribution in [1.82, 2.24) is 0 Å². The normalized spacial score (nSPS) is 12.5. The fourth-order valence-electron chi connectivity index (χ4n) is 5.25. The molecule has 0 aromatic carbocycles. The third kappa shape index (κ3) is 35.5. The summed E-state index contributed by atoms with van der Waals surface area (Å²) in [5.74, 6) is -0.886. The molecule has 0 amide bonds. The summed E-state index contributed by atoms with van der Waals surface area (Å²) in [5.41, 5.74) is 0. The number of ether oxygens (including phenoxy) is 2. The lowest BCUT2D eigenvalue weighted by atomic mass is 10.1. The van der Waals surface area contributed by atoms with Crippen molar-refractivity contribution >= 4 is 19.8 Å². The van der Waals surface area contributed by atoms with E-state index in [4.69, 9.17) is 19.3 Å². The highest BCUT2D eigenvalue weighted by molar-refractivity contribution is 7.46. The Bertz CT molecular complexity index is 751. The third-order valence-corrected chi connectivity index (χ3v) is 8.52. The van der Waals surface area contributed by atoms with Crippen LogP contribution in [0.3, 0.4) is 0 Å². The Morgan fingerprint density at radius 1 is 0.556 bits per heavy atom. The molecule has 0 rings (SSSR count). The van der Waals surface area contributed by atoms with E-state index in [1.165, 1.54) is 116 Å². The molecule has 2 N–H and O–H groups in total. The Kier molecular flexibility index (Phi) is 31.8. The molecule has 0 bridgehead atoms. The molecule has 266 valence electrons. The van der Waals surface area contributed by atoms with Crippen LogP contribution in [-0.4, -0.2) is 41.0 Å². The second kappa shape index (κ2) is 32.7. The van der Waals surface area contributed by atoms with Gasteiger partial charge in [0, 0.05) is 12.8 Å². The fraction of sp³-hybridized carbons (Fsp3) is 0.889. The number of unbranched alkanes of at least 4 members (excludes halogenated alkanes) is 22. The number of allylic oxidation sites excluding steroid dienone is 2. The number of hydrogen-bond donors (Lipinski definition) is 2. The minimum Gasteiger partial charge on any atom is -0.462 e. The summed E-state index contributed by atoms with van der Waals surface area (Å²) < 4.78 is 26.2. The summed E-state index contributed by atoms with van der Waals surface area (Å²) in [4.78, 5) is 42.5. The number of carbonyl (C=O) groups is 2. The van der Waals surface area contributed by atoms with Gasteiger partial charge in [0.05, 0.1) is 6.61 Å². The van der Waals surface area contributed by atoms with Crippen LogP contribution in [0.25, 0.3) is 0 Å². The average Bonchev–Trinajstić information content (AvgIpc) is 3.00. The van der Waals surface area contributed by atoms with Gasteiger partial charge in [0.1, 0.15) is 6.61 Å². The molecule has 0 radical (unpaired) electrons. The van der Waals surface area contributed by atoms with Crippen LogP contribution >= 0.6 is 7.82 Å². The van der Waals surface area contributed by atoms with E-state index in [2.05, 4.69) is 30.5 Å². The van der Waals surface area contributed by atoms with Crippen molar-refractivity contribution in [1.29, 1.82) is 0 Å². The summed E-state index contributed by atoms with van der Waals surface area (Å²) in [6, 6.07) is 0. The molecule has 0 heterocycles. The zero-order valence-corrected chi connectivity index (χ0v) is 29.9. The predicted octanol–water partition coefficient (Wildman–Crippen LogP) is 10.7. The smallest absolute Gasteiger partial charge is 0.462 e. The SMILES string of the molecule is CCCCCCCC/C=C/CCCCCCCCCCCC(=O)O[C@H](COC(=O)CCCCCCCCCC)COP(=O)(O)O. The van der Waals surface area contributed by atoms with Crippen LogP contribution in [-0.2, 0) is 28.2 Å². The molecule has 1 atom stereocenters. The molecule has 0 aliphatic carbocycles. The molecular weight excluding hydrogens is 591 g/mol. The first kappa shape index (κ1) is 43.8. The van der Waals surface area contributed by atoms with Crippen LogP contribution in [0.2, 0.25) is 0 Å². The lowest BCUT2D eigenvalue weighted by Gasteiger charge is -2.18. The summed E-state index contributed by atoms with van der Waals surface area (Å²) in [5, 5.41) is 0. The second-order valence-electron chi connectivity index (χ2n) is 12.6. The lowest BCUT2D eigenvalue weighted by molar-refractivity contribution is -0.161. The maximum atomic E-state index is 12.3. The van der Waals surface area contributed by atoms with E-state index in [0.29, 0.717) is 6.42 Å². The Labute approximate surface area is 276 Å². The van der Waals surface area contributed by atoms with Crippen molar-refractivity contribution < 1.29 is 37.9 Å². The molecule has 0 spiro atoms. The molecule has 0 aliphatic rings. The van der Waals surface area contributed by atoms with Gasteiger partial charge in [-0.25, -0.2) is 4.57 Å². The summed E-state index contributed by atoms with van der Waals surface area (Å²) in [6.07, 6.45) is 33.8. The van der Waals surface area contributed by atoms with Crippen LogP contribution in [0.15, 0.2) is 12.2 Å². The van der Waals surface area contributed by atoms with Crippen molar-refractivity contribution in [3.8, 4) is 0 Å². The first-order valence-corrected chi connectivity index (χ1v) is 20.0. The van der Waals surface area contributed by atoms with Crippen molar-refractivity contribution in [3.63, 3.8) is 0 Å². The van der Waals surface area contributed by atoms with Crippen molar-refractivity contribution in [3.05, 3.63) is 12.2 Å². The molecule has 0 saturated carbocycles. The number of carbonyl (C=O) groups excluding carboxylic acids is 2. The standard InChI is InChI=1S/C36H69O8P/c1-3-5-7-9-11-13-14-15-16-17-18-19-20-21-22-23-25-27-29-31-36(38)44-34(33-43-45(39,40)41)32-42-35(37)30-28-26-24-12-10-8-6-4-2/h15-16,34H,3-14,17-33H2,1-2H3,(H2,39,40,41)/b16-15+/t34-/m1/s1. The Morgan fingerprint density at radius 2 is 0.933 bits per heavy atom. The van der Waals surface area contributed by atoms with E-state index in [1.807, 2.05) is 0 Å². The molecule has 0 aromatic rings. The van der Waals surface area contributed by atoms with E-state index in [-0.39, 0.29) is 19.4 Å². The van der Waals surface area contributed by atoms with Crippen molar-refractivity contribution in [2.75, 3.05) is 13.2 Å². The van der Waals surface area contributed by atoms with Crippen LogP contribution in [0.1, 0.15) is 187 Å². The maximum absolute atomic E-state index is 12.3. The Balaban J connectivity index is 3.88. The van der Waals surface area contributed by atoms with Gasteiger partial charge in [-0.15, -0.1) is 0 Å². The van der Waals surface area contributed by atoms with Gasteiger partial charge in [-0.05, 0) is 38.5 Å². The van der Waals surface area contributed by atoms with Crippen molar-refractivity contribution in [2.45, 2.75) is 193 Å². The number of hydrogen-bond acceptors (Lipinski definition) is 6. The highest BCUT2D eigenvalue weighted by Gasteiger charge is 2.22. The van der Waals surface area contributed by atoms with Gasteiger partial charge in [0.2, 0.25) is 0 Å². The number of phosphoric ester groups is 1. The monoisotopic (exact) mass is 660 g/mol. The van der Waals surface area contributed by atoms with E-state index in [1.54, 1.807) is 0 Å². The summed E-state index contributed by atoms with van der Waals surface area (Å²) in [6.45, 7) is 3.64. The zero-order valence-electron chi connectivity index (χ0n) is 29.0. The number of rotatable bonds is 34. The molecule has 45 heavy (non-hydrogen) atoms. The second-order valence-corrected chi connectivity index (χ2v) is 13.8. The van der Waals surface area contributed by atoms with E-state index in [9.17, 15) is 14.2 Å². The fourth-order valence-corrected chi connectivity index (χ4v) is 5.61. The van der Waals surface area contributed by atoms with Crippen LogP contribution in [0, 0.1) is 0 Å². The minimum absolute atomic E-state index is 0.213. The largest absolute Gasteiger partial charge is 0.469 e. The molecule has 0 saturated heterocycles. The Hall–Kier alpha value is -1.21. The van der Waals surface area contributed by atoms with Gasteiger partial charge in [0.25, 0.3) is 0 Å². The molecule has 8 nitrogen and oxygen atoms in total. The number of phosphoric acid groups is 1. The minimum atomic E-state index is -4.74. The van der Waals surface area contributed by atoms with Gasteiger partial charge in [-0.2, -0.15) is 0 Å². The van der Waals surface area contributed by atoms with Gasteiger partial charge in [-0.1, -0.05) is 148 Å². The molecular formula is C36H69O8P. The van der Waals surface area contributed by atoms with Gasteiger partial charge in [0.15, 0.2) is 6.10 Å². The first-order chi connectivity index (χ1) is 21.8. The topological polar surface area (TPSA) is 119 Å². The maximum Gasteiger partial charge on any atom is 0.469 e. The highest BCUT2D eigenvalue weighted by atomic mass is 31.2. The molecule has 0 unspecified atom stereocenters. The predicted molar refractivity (Wildman–Crippen MR) is 184 cm³/mol. The van der Waals surface area contributed by atoms with Gasteiger partial charge < -0.3 is 19.3 Å². The molecule has 9 heteroatoms. The third-order valence-electron chi connectivity index (χ3n) is 8.03. The highest BCUT2D eigenvalue weighted by Crippen LogP contribution is 2.36. The summed E-state index contributed by atoms with van der Waals surface area (Å²) >= 11 is 0. The zero-order chi connectivity index (χ0) is 33.3. The lowest BCUT2D eigenvalue weighted by Crippen LogP contribution is -2.29. The van der Waals surface area contributed by atoms with E-state index >= 15 is 0 Å². The molecule has 0 aromatic heterocycles. The molecule has 0 aliphatic heterocycles. The number of esters is 2. The van der Waals surface area contributed by atoms with Crippen molar-refractivity contribution in [2.24, 2.45) is 0 Å². The van der Waals surface area contributed by atoms with Crippen LogP contribution < -0.4 is 0 Å². The van der Waals surface area contributed by atoms with E-state index in [0.717, 1.165) is 38.5 Å². The van der Waals surface area contributed by atoms with Gasteiger partial charge in [-0.3, -0.25) is 14.1 Å². The van der Waals surface area contributed by atoms with E-state index < -0.39 is 32.5 Å². The van der Waals surface area contributed by atoms with Crippen LogP contribution in [0.4, 0.5) is 0 Å². The Morgan fingerprint density at radius 3 is 1.36 bits per heavy atom.